The molecule has 0 saturated carbocycles. The number of anilines is 1. The third kappa shape index (κ3) is 3.03. The number of nitrogens with one attached hydrogen (secondary N) is 1. The molecule has 0 bridgehead atoms. The number of hydrogen-bond donors (Lipinski definition) is 1. The Morgan fingerprint density at radius 1 is 0.875 bits per heavy atom. The van der Waals surface area contributed by atoms with E-state index in [1.165, 1.54) is 5.69 Å². The molecule has 4 rings (SSSR count). The van der Waals surface area contributed by atoms with Crippen LogP contribution in [-0.2, 0) is 0 Å². The standard InChI is InChI=1S/C19H21N5/c1-23-10-12-24(13-11-23)17-4-2-15(3-5-17)18-14-19(22-21-18)16-6-8-20-9-7-16/h2-9,14H,10-13H2,1H3,(H,21,22). The van der Waals surface area contributed by atoms with Gasteiger partial charge in [-0.25, -0.2) is 0 Å². The molecule has 3 heterocycles. The van der Waals surface area contributed by atoms with Gasteiger partial charge in [-0.3, -0.25) is 10.1 Å². The maximum absolute atomic E-state index is 4.45. The zero-order chi connectivity index (χ0) is 16.4. The molecule has 5 heteroatoms. The van der Waals surface area contributed by atoms with Crippen LogP contribution in [0.4, 0.5) is 5.69 Å². The lowest BCUT2D eigenvalue weighted by molar-refractivity contribution is 0.313. The van der Waals surface area contributed by atoms with Crippen molar-refractivity contribution < 1.29 is 0 Å². The Morgan fingerprint density at radius 2 is 1.58 bits per heavy atom. The van der Waals surface area contributed by atoms with Gasteiger partial charge in [0, 0.05) is 55.4 Å². The fourth-order valence-electron chi connectivity index (χ4n) is 3.06. The normalized spacial score (nSPS) is 15.6. The molecule has 3 aromatic rings. The number of piperazine rings is 1. The molecule has 1 N–H and O–H groups in total. The fourth-order valence-corrected chi connectivity index (χ4v) is 3.06. The second-order valence-corrected chi connectivity index (χ2v) is 6.24. The average molecular weight is 319 g/mol. The largest absolute Gasteiger partial charge is 0.369 e. The van der Waals surface area contributed by atoms with Gasteiger partial charge in [0.25, 0.3) is 0 Å². The summed E-state index contributed by atoms with van der Waals surface area (Å²) >= 11 is 0. The van der Waals surface area contributed by atoms with E-state index < -0.39 is 0 Å². The minimum absolute atomic E-state index is 0.965. The molecule has 1 saturated heterocycles. The van der Waals surface area contributed by atoms with Gasteiger partial charge in [0.1, 0.15) is 0 Å². The quantitative estimate of drug-likeness (QED) is 0.806. The first kappa shape index (κ1) is 14.9. The number of H-pyrrole nitrogens is 1. The minimum atomic E-state index is 0.965. The predicted octanol–water partition coefficient (Wildman–Crippen LogP) is 2.89. The highest BCUT2D eigenvalue weighted by molar-refractivity contribution is 5.69. The maximum atomic E-state index is 4.45. The van der Waals surface area contributed by atoms with Crippen LogP contribution in [-0.4, -0.2) is 53.3 Å². The highest BCUT2D eigenvalue weighted by Crippen LogP contribution is 2.25. The number of nitrogens with zero attached hydrogens (tertiary/aromatic N) is 4. The van der Waals surface area contributed by atoms with Gasteiger partial charge in [-0.05, 0) is 37.4 Å². The topological polar surface area (TPSA) is 48.0 Å². The lowest BCUT2D eigenvalue weighted by Gasteiger charge is -2.34. The predicted molar refractivity (Wildman–Crippen MR) is 97.0 cm³/mol. The van der Waals surface area contributed by atoms with Gasteiger partial charge in [-0.15, -0.1) is 0 Å². The van der Waals surface area contributed by atoms with E-state index in [2.05, 4.69) is 62.4 Å². The summed E-state index contributed by atoms with van der Waals surface area (Å²) in [6.45, 7) is 4.42. The molecule has 1 aliphatic heterocycles. The number of rotatable bonds is 3. The first-order chi connectivity index (χ1) is 11.8. The Kier molecular flexibility index (Phi) is 4.01. The van der Waals surface area contributed by atoms with E-state index in [0.29, 0.717) is 0 Å². The van der Waals surface area contributed by atoms with Crippen LogP contribution in [0.15, 0.2) is 54.9 Å². The van der Waals surface area contributed by atoms with Crippen molar-refractivity contribution in [2.75, 3.05) is 38.1 Å². The number of likely N-dealkylation sites (N-methyl/N-ethyl adjacent to an activating group) is 1. The van der Waals surface area contributed by atoms with Gasteiger partial charge in [-0.1, -0.05) is 12.1 Å². The fraction of sp³-hybridized carbons (Fsp3) is 0.263. The molecule has 1 aromatic carbocycles. The summed E-state index contributed by atoms with van der Waals surface area (Å²) in [5, 5.41) is 7.56. The Hall–Kier alpha value is -2.66. The summed E-state index contributed by atoms with van der Waals surface area (Å²) < 4.78 is 0. The number of benzene rings is 1. The highest BCUT2D eigenvalue weighted by Gasteiger charge is 2.14. The molecule has 0 amide bonds. The van der Waals surface area contributed by atoms with Crippen LogP contribution in [0.1, 0.15) is 0 Å². The van der Waals surface area contributed by atoms with E-state index >= 15 is 0 Å². The van der Waals surface area contributed by atoms with Crippen LogP contribution < -0.4 is 4.90 Å². The van der Waals surface area contributed by atoms with Gasteiger partial charge in [-0.2, -0.15) is 5.10 Å². The zero-order valence-electron chi connectivity index (χ0n) is 13.8. The lowest BCUT2D eigenvalue weighted by Crippen LogP contribution is -2.44. The molecule has 0 radical (unpaired) electrons. The van der Waals surface area contributed by atoms with Gasteiger partial charge < -0.3 is 9.80 Å². The number of pyridine rings is 1. The summed E-state index contributed by atoms with van der Waals surface area (Å²) in [7, 11) is 2.18. The molecular weight excluding hydrogens is 298 g/mol. The first-order valence-electron chi connectivity index (χ1n) is 8.29. The van der Waals surface area contributed by atoms with Crippen LogP contribution in [0.25, 0.3) is 22.5 Å². The third-order valence-electron chi connectivity index (χ3n) is 4.60. The van der Waals surface area contributed by atoms with Gasteiger partial charge >= 0.3 is 0 Å². The first-order valence-corrected chi connectivity index (χ1v) is 8.29. The lowest BCUT2D eigenvalue weighted by atomic mass is 10.1. The molecule has 2 aromatic heterocycles. The van der Waals surface area contributed by atoms with Crippen molar-refractivity contribution >= 4 is 5.69 Å². The number of aromatic nitrogens is 3. The molecule has 0 aliphatic carbocycles. The van der Waals surface area contributed by atoms with Crippen LogP contribution in [0.3, 0.4) is 0 Å². The molecule has 122 valence electrons. The summed E-state index contributed by atoms with van der Waals surface area (Å²) in [6.07, 6.45) is 3.58. The number of aromatic amines is 1. The van der Waals surface area contributed by atoms with E-state index in [-0.39, 0.29) is 0 Å². The minimum Gasteiger partial charge on any atom is -0.369 e. The maximum Gasteiger partial charge on any atom is 0.0927 e. The van der Waals surface area contributed by atoms with Crippen molar-refractivity contribution in [3.63, 3.8) is 0 Å². The molecule has 24 heavy (non-hydrogen) atoms. The van der Waals surface area contributed by atoms with E-state index in [1.807, 2.05) is 12.1 Å². The van der Waals surface area contributed by atoms with Gasteiger partial charge in [0.05, 0.1) is 11.4 Å². The third-order valence-corrected chi connectivity index (χ3v) is 4.60. The van der Waals surface area contributed by atoms with Crippen molar-refractivity contribution in [1.29, 1.82) is 0 Å². The van der Waals surface area contributed by atoms with Crippen LogP contribution in [0.5, 0.6) is 0 Å². The number of hydrogen-bond acceptors (Lipinski definition) is 4. The van der Waals surface area contributed by atoms with Crippen molar-refractivity contribution in [2.24, 2.45) is 0 Å². The smallest absolute Gasteiger partial charge is 0.0927 e. The Bertz CT molecular complexity index is 786. The van der Waals surface area contributed by atoms with Crippen molar-refractivity contribution in [2.45, 2.75) is 0 Å². The second kappa shape index (κ2) is 6.45. The monoisotopic (exact) mass is 319 g/mol. The van der Waals surface area contributed by atoms with Crippen molar-refractivity contribution in [3.8, 4) is 22.5 Å². The van der Waals surface area contributed by atoms with E-state index in [9.17, 15) is 0 Å². The summed E-state index contributed by atoms with van der Waals surface area (Å²) in [4.78, 5) is 8.86. The summed E-state index contributed by atoms with van der Waals surface area (Å²) in [5.74, 6) is 0. The molecule has 0 spiro atoms. The van der Waals surface area contributed by atoms with Crippen LogP contribution in [0.2, 0.25) is 0 Å². The summed E-state index contributed by atoms with van der Waals surface area (Å²) in [5.41, 5.74) is 5.49. The SMILES string of the molecule is CN1CCN(c2ccc(-c3cc(-c4ccncc4)[nH]n3)cc2)CC1. The average Bonchev–Trinajstić information content (AvgIpc) is 3.13. The van der Waals surface area contributed by atoms with Crippen LogP contribution in [0, 0.1) is 0 Å². The molecule has 1 fully saturated rings. The zero-order valence-corrected chi connectivity index (χ0v) is 13.8. The molecular formula is C19H21N5. The Labute approximate surface area is 142 Å². The van der Waals surface area contributed by atoms with Crippen LogP contribution >= 0.6 is 0 Å². The van der Waals surface area contributed by atoms with E-state index in [0.717, 1.165) is 48.7 Å². The van der Waals surface area contributed by atoms with Gasteiger partial charge in [0.2, 0.25) is 0 Å². The Balaban J connectivity index is 1.52. The van der Waals surface area contributed by atoms with Crippen molar-refractivity contribution in [3.05, 3.63) is 54.9 Å². The highest BCUT2D eigenvalue weighted by atomic mass is 15.2. The van der Waals surface area contributed by atoms with E-state index in [4.69, 9.17) is 0 Å². The molecule has 1 aliphatic rings. The molecule has 5 nitrogen and oxygen atoms in total. The summed E-state index contributed by atoms with van der Waals surface area (Å²) in [6, 6.07) is 14.7. The van der Waals surface area contributed by atoms with Crippen molar-refractivity contribution in [1.82, 2.24) is 20.1 Å². The second-order valence-electron chi connectivity index (χ2n) is 6.24. The molecule has 0 atom stereocenters. The Morgan fingerprint density at radius 3 is 2.29 bits per heavy atom. The van der Waals surface area contributed by atoms with Gasteiger partial charge in [0.15, 0.2) is 0 Å². The molecule has 0 unspecified atom stereocenters. The van der Waals surface area contributed by atoms with E-state index in [1.54, 1.807) is 12.4 Å².